The first-order valence-electron chi connectivity index (χ1n) is 9.97. The average molecular weight is 496 g/mol. The zero-order valence-electron chi connectivity index (χ0n) is 17.4. The molecule has 3 aromatic heterocycles. The number of amides is 1. The minimum absolute atomic E-state index is 0.0898. The number of rotatable bonds is 4. The number of thiophene rings is 1. The quantitative estimate of drug-likeness (QED) is 0.429. The summed E-state index contributed by atoms with van der Waals surface area (Å²) in [6.07, 6.45) is -0.180. The standard InChI is InChI=1S/C18H18N6O2S.C2HF3O2/c19-7-11-9-27-10-14(11)21-17(26)15-6-5-12-8-20-18(23-24(12)15)22-13-3-1-2-4-16(13)25;3-2(4,5)1(6)7/h5-6,8-10,13,16,25H,1-4H2,(H,21,26)(H,22,23);(H,6,7)/t13-,16+;/m1./s1. The summed E-state index contributed by atoms with van der Waals surface area (Å²) in [6, 6.07) is 5.38. The van der Waals surface area contributed by atoms with E-state index < -0.39 is 18.2 Å². The van der Waals surface area contributed by atoms with Gasteiger partial charge in [0.15, 0.2) is 0 Å². The van der Waals surface area contributed by atoms with E-state index in [1.807, 2.05) is 0 Å². The van der Waals surface area contributed by atoms with Crippen LogP contribution in [0.3, 0.4) is 0 Å². The van der Waals surface area contributed by atoms with Crippen LogP contribution in [-0.2, 0) is 4.79 Å². The molecule has 2 atom stereocenters. The molecule has 3 aromatic rings. The third-order valence-electron chi connectivity index (χ3n) is 4.95. The Hall–Kier alpha value is -3.70. The van der Waals surface area contributed by atoms with E-state index in [4.69, 9.17) is 15.2 Å². The van der Waals surface area contributed by atoms with Crippen LogP contribution in [0, 0.1) is 11.3 Å². The summed E-state index contributed by atoms with van der Waals surface area (Å²) in [6.45, 7) is 0. The Morgan fingerprint density at radius 2 is 1.94 bits per heavy atom. The van der Waals surface area contributed by atoms with Gasteiger partial charge in [0.05, 0.1) is 35.1 Å². The predicted molar refractivity (Wildman–Crippen MR) is 116 cm³/mol. The van der Waals surface area contributed by atoms with Crippen molar-refractivity contribution in [2.75, 3.05) is 10.6 Å². The minimum Gasteiger partial charge on any atom is -0.475 e. The zero-order chi connectivity index (χ0) is 24.9. The first kappa shape index (κ1) is 24.9. The molecule has 0 saturated heterocycles. The van der Waals surface area contributed by atoms with E-state index in [2.05, 4.69) is 26.8 Å². The van der Waals surface area contributed by atoms with Gasteiger partial charge in [-0.2, -0.15) is 18.4 Å². The number of nitrogens with zero attached hydrogens (tertiary/aromatic N) is 4. The van der Waals surface area contributed by atoms with E-state index >= 15 is 0 Å². The van der Waals surface area contributed by atoms with Crippen molar-refractivity contribution in [2.45, 2.75) is 44.0 Å². The average Bonchev–Trinajstić information content (AvgIpc) is 3.41. The fourth-order valence-corrected chi connectivity index (χ4v) is 3.96. The second-order valence-corrected chi connectivity index (χ2v) is 8.05. The van der Waals surface area contributed by atoms with Gasteiger partial charge >= 0.3 is 12.1 Å². The normalized spacial score (nSPS) is 17.9. The molecule has 0 aromatic carbocycles. The van der Waals surface area contributed by atoms with Crippen molar-refractivity contribution in [2.24, 2.45) is 0 Å². The number of aliphatic hydroxyl groups excluding tert-OH is 1. The first-order valence-corrected chi connectivity index (χ1v) is 10.9. The fourth-order valence-electron chi connectivity index (χ4n) is 3.25. The smallest absolute Gasteiger partial charge is 0.475 e. The second kappa shape index (κ2) is 10.5. The zero-order valence-corrected chi connectivity index (χ0v) is 18.2. The Balaban J connectivity index is 0.000000406. The van der Waals surface area contributed by atoms with E-state index in [-0.39, 0.29) is 11.9 Å². The van der Waals surface area contributed by atoms with Crippen molar-refractivity contribution in [1.82, 2.24) is 14.6 Å². The lowest BCUT2D eigenvalue weighted by Gasteiger charge is -2.28. The summed E-state index contributed by atoms with van der Waals surface area (Å²) in [4.78, 5) is 25.8. The SMILES string of the molecule is N#Cc1cscc1NC(=O)c1ccc2cnc(N[C@@H]3CCCC[C@@H]3O)nn12.O=C(O)C(F)(F)F. The van der Waals surface area contributed by atoms with Gasteiger partial charge in [0.25, 0.3) is 5.91 Å². The third kappa shape index (κ3) is 6.00. The first-order chi connectivity index (χ1) is 16.1. The van der Waals surface area contributed by atoms with Crippen molar-refractivity contribution in [1.29, 1.82) is 5.26 Å². The number of hydrogen-bond acceptors (Lipinski definition) is 8. The molecule has 10 nitrogen and oxygen atoms in total. The highest BCUT2D eigenvalue weighted by Crippen LogP contribution is 2.23. The van der Waals surface area contributed by atoms with Crippen LogP contribution in [-0.4, -0.2) is 55.0 Å². The molecule has 1 saturated carbocycles. The summed E-state index contributed by atoms with van der Waals surface area (Å²) in [5.74, 6) is -2.74. The number of aliphatic carboxylic acids is 1. The summed E-state index contributed by atoms with van der Waals surface area (Å²) in [5.41, 5.74) is 1.94. The molecular weight excluding hydrogens is 477 g/mol. The molecule has 180 valence electrons. The van der Waals surface area contributed by atoms with Crippen LogP contribution in [0.1, 0.15) is 41.7 Å². The summed E-state index contributed by atoms with van der Waals surface area (Å²) in [5, 5.41) is 40.1. The van der Waals surface area contributed by atoms with E-state index in [9.17, 15) is 23.1 Å². The maximum Gasteiger partial charge on any atom is 0.490 e. The molecule has 0 aliphatic heterocycles. The highest BCUT2D eigenvalue weighted by molar-refractivity contribution is 7.08. The van der Waals surface area contributed by atoms with Crippen molar-refractivity contribution in [3.05, 3.63) is 40.3 Å². The molecule has 4 N–H and O–H groups in total. The molecule has 3 heterocycles. The van der Waals surface area contributed by atoms with Gasteiger partial charge in [0, 0.05) is 10.8 Å². The topological polar surface area (TPSA) is 153 Å². The molecule has 14 heteroatoms. The van der Waals surface area contributed by atoms with E-state index in [1.54, 1.807) is 29.1 Å². The summed E-state index contributed by atoms with van der Waals surface area (Å²) < 4.78 is 33.2. The summed E-state index contributed by atoms with van der Waals surface area (Å²) >= 11 is 1.35. The maximum atomic E-state index is 12.7. The number of carbonyl (C=O) groups is 2. The fraction of sp³-hybridized carbons (Fsp3) is 0.350. The van der Waals surface area contributed by atoms with Gasteiger partial charge in [0.1, 0.15) is 11.8 Å². The van der Waals surface area contributed by atoms with Crippen LogP contribution in [0.4, 0.5) is 24.8 Å². The molecule has 0 spiro atoms. The van der Waals surface area contributed by atoms with Crippen LogP contribution in [0.2, 0.25) is 0 Å². The minimum atomic E-state index is -5.08. The number of aliphatic hydroxyl groups is 1. The van der Waals surface area contributed by atoms with Crippen LogP contribution >= 0.6 is 11.3 Å². The largest absolute Gasteiger partial charge is 0.490 e. The monoisotopic (exact) mass is 496 g/mol. The molecule has 0 unspecified atom stereocenters. The second-order valence-electron chi connectivity index (χ2n) is 7.31. The molecule has 0 radical (unpaired) electrons. The van der Waals surface area contributed by atoms with Crippen LogP contribution in [0.5, 0.6) is 0 Å². The van der Waals surface area contributed by atoms with Gasteiger partial charge in [-0.15, -0.1) is 16.4 Å². The summed E-state index contributed by atoms with van der Waals surface area (Å²) in [7, 11) is 0. The Labute approximate surface area is 194 Å². The van der Waals surface area contributed by atoms with Crippen molar-refractivity contribution in [3.63, 3.8) is 0 Å². The van der Waals surface area contributed by atoms with Gasteiger partial charge in [-0.25, -0.2) is 14.3 Å². The number of alkyl halides is 3. The molecule has 1 fully saturated rings. The molecule has 1 aliphatic rings. The van der Waals surface area contributed by atoms with E-state index in [1.165, 1.54) is 15.9 Å². The van der Waals surface area contributed by atoms with Crippen LogP contribution in [0.25, 0.3) is 5.52 Å². The number of nitrogens with one attached hydrogen (secondary N) is 2. The number of carboxylic acids is 1. The lowest BCUT2D eigenvalue weighted by Crippen LogP contribution is -2.37. The highest BCUT2D eigenvalue weighted by Gasteiger charge is 2.38. The molecule has 1 amide bonds. The maximum absolute atomic E-state index is 12.7. The number of hydrogen-bond donors (Lipinski definition) is 4. The van der Waals surface area contributed by atoms with Crippen molar-refractivity contribution < 1.29 is 33.0 Å². The Morgan fingerprint density at radius 3 is 2.59 bits per heavy atom. The van der Waals surface area contributed by atoms with Gasteiger partial charge in [-0.05, 0) is 25.0 Å². The number of carbonyl (C=O) groups excluding carboxylic acids is 1. The molecule has 34 heavy (non-hydrogen) atoms. The Kier molecular flexibility index (Phi) is 7.69. The third-order valence-corrected chi connectivity index (χ3v) is 5.69. The van der Waals surface area contributed by atoms with E-state index in [0.717, 1.165) is 25.7 Å². The molecule has 0 bridgehead atoms. The van der Waals surface area contributed by atoms with Crippen LogP contribution in [0.15, 0.2) is 29.1 Å². The van der Waals surface area contributed by atoms with Crippen molar-refractivity contribution in [3.8, 4) is 6.07 Å². The van der Waals surface area contributed by atoms with Crippen molar-refractivity contribution >= 4 is 40.4 Å². The van der Waals surface area contributed by atoms with E-state index in [0.29, 0.717) is 28.4 Å². The number of halogens is 3. The highest BCUT2D eigenvalue weighted by atomic mass is 32.1. The number of carboxylic acid groups (broad SMARTS) is 1. The van der Waals surface area contributed by atoms with Gasteiger partial charge in [0.2, 0.25) is 5.95 Å². The van der Waals surface area contributed by atoms with Gasteiger partial charge < -0.3 is 20.8 Å². The molecule has 1 aliphatic carbocycles. The molecular formula is C20H19F3N6O4S. The Morgan fingerprint density at radius 1 is 1.24 bits per heavy atom. The molecule has 4 rings (SSSR count). The lowest BCUT2D eigenvalue weighted by atomic mass is 9.93. The predicted octanol–water partition coefficient (Wildman–Crippen LogP) is 3.26. The number of anilines is 2. The Bertz CT molecular complexity index is 1220. The van der Waals surface area contributed by atoms with Gasteiger partial charge in [-0.3, -0.25) is 4.79 Å². The lowest BCUT2D eigenvalue weighted by molar-refractivity contribution is -0.192. The van der Waals surface area contributed by atoms with Crippen LogP contribution < -0.4 is 10.6 Å². The van der Waals surface area contributed by atoms with Gasteiger partial charge in [-0.1, -0.05) is 12.8 Å². The number of aromatic nitrogens is 3. The number of nitriles is 1. The number of fused-ring (bicyclic) bond motifs is 1.